The number of aliphatic hydroxyl groups excluding tert-OH is 1. The van der Waals surface area contributed by atoms with E-state index >= 15 is 0 Å². The predicted molar refractivity (Wildman–Crippen MR) is 29.8 cm³/mol. The van der Waals surface area contributed by atoms with Crippen LogP contribution in [0.1, 0.15) is 12.8 Å². The first kappa shape index (κ1) is 6.51. The van der Waals surface area contributed by atoms with Crippen LogP contribution in [0.3, 0.4) is 0 Å². The molecule has 0 saturated heterocycles. The van der Waals surface area contributed by atoms with Crippen molar-refractivity contribution in [3.63, 3.8) is 0 Å². The predicted octanol–water partition coefficient (Wildman–Crippen LogP) is -1.08. The van der Waals surface area contributed by atoms with Crippen molar-refractivity contribution in [2.45, 2.75) is 24.5 Å². The van der Waals surface area contributed by atoms with E-state index in [-0.39, 0.29) is 0 Å². The van der Waals surface area contributed by atoms with E-state index in [1.54, 1.807) is 0 Å². The monoisotopic (exact) mass is 131 g/mol. The van der Waals surface area contributed by atoms with Gasteiger partial charge in [-0.05, 0) is 12.8 Å². The van der Waals surface area contributed by atoms with E-state index in [2.05, 4.69) is 0 Å². The lowest BCUT2D eigenvalue weighted by molar-refractivity contribution is -0.155. The first-order chi connectivity index (χ1) is 4.07. The Balaban J connectivity index is 2.64. The number of carboxylic acid groups (broad SMARTS) is 1. The minimum Gasteiger partial charge on any atom is -0.480 e. The van der Waals surface area contributed by atoms with Crippen LogP contribution in [0.2, 0.25) is 0 Å². The number of hydrogen-bond donors (Lipinski definition) is 3. The van der Waals surface area contributed by atoms with Gasteiger partial charge >= 0.3 is 5.97 Å². The van der Waals surface area contributed by atoms with Crippen LogP contribution in [0.4, 0.5) is 0 Å². The molecule has 4 heteroatoms. The molecule has 1 fully saturated rings. The highest BCUT2D eigenvalue weighted by Crippen LogP contribution is 2.29. The number of hydrogen-bond acceptors (Lipinski definition) is 3. The normalized spacial score (nSPS) is 41.8. The summed E-state index contributed by atoms with van der Waals surface area (Å²) in [5, 5.41) is 17.2. The molecule has 0 aromatic heterocycles. The summed E-state index contributed by atoms with van der Waals surface area (Å²) in [6, 6.07) is 0. The van der Waals surface area contributed by atoms with E-state index in [0.29, 0.717) is 12.8 Å². The molecule has 0 spiro atoms. The molecule has 0 aliphatic heterocycles. The summed E-state index contributed by atoms with van der Waals surface area (Å²) in [7, 11) is 0. The average molecular weight is 131 g/mol. The standard InChI is InChI=1S/C5H9NO3/c6-5(4(8)9)2-1-3(5)7/h3,7H,1-2,6H2,(H,8,9)/t3?,5-/m0/s1. The molecule has 0 radical (unpaired) electrons. The van der Waals surface area contributed by atoms with E-state index in [9.17, 15) is 4.79 Å². The average Bonchev–Trinajstić information content (AvgIpc) is 1.82. The zero-order chi connectivity index (χ0) is 7.07. The van der Waals surface area contributed by atoms with Gasteiger partial charge in [-0.1, -0.05) is 0 Å². The van der Waals surface area contributed by atoms with Crippen LogP contribution in [-0.2, 0) is 4.79 Å². The molecule has 0 heterocycles. The topological polar surface area (TPSA) is 83.6 Å². The Kier molecular flexibility index (Phi) is 1.22. The van der Waals surface area contributed by atoms with Gasteiger partial charge in [-0.2, -0.15) is 0 Å². The van der Waals surface area contributed by atoms with Crippen LogP contribution in [0.15, 0.2) is 0 Å². The zero-order valence-corrected chi connectivity index (χ0v) is 4.87. The maximum atomic E-state index is 10.2. The summed E-state index contributed by atoms with van der Waals surface area (Å²) < 4.78 is 0. The Morgan fingerprint density at radius 1 is 1.78 bits per heavy atom. The Morgan fingerprint density at radius 2 is 2.33 bits per heavy atom. The number of carboxylic acids is 1. The van der Waals surface area contributed by atoms with E-state index in [0.717, 1.165) is 0 Å². The zero-order valence-electron chi connectivity index (χ0n) is 4.87. The third kappa shape index (κ3) is 0.710. The van der Waals surface area contributed by atoms with Crippen molar-refractivity contribution in [1.29, 1.82) is 0 Å². The first-order valence-corrected chi connectivity index (χ1v) is 2.78. The fraction of sp³-hybridized carbons (Fsp3) is 0.800. The Labute approximate surface area is 52.3 Å². The molecule has 2 atom stereocenters. The van der Waals surface area contributed by atoms with E-state index in [1.807, 2.05) is 0 Å². The van der Waals surface area contributed by atoms with Crippen molar-refractivity contribution in [1.82, 2.24) is 0 Å². The van der Waals surface area contributed by atoms with E-state index in [1.165, 1.54) is 0 Å². The number of aliphatic carboxylic acids is 1. The molecule has 9 heavy (non-hydrogen) atoms. The largest absolute Gasteiger partial charge is 0.480 e. The van der Waals surface area contributed by atoms with Crippen LogP contribution >= 0.6 is 0 Å². The summed E-state index contributed by atoms with van der Waals surface area (Å²) in [6.07, 6.45) is 0.0294. The van der Waals surface area contributed by atoms with Crippen molar-refractivity contribution in [3.8, 4) is 0 Å². The van der Waals surface area contributed by atoms with Gasteiger partial charge < -0.3 is 15.9 Å². The lowest BCUT2D eigenvalue weighted by atomic mass is 9.75. The minimum absolute atomic E-state index is 0.378. The van der Waals surface area contributed by atoms with Gasteiger partial charge in [-0.3, -0.25) is 4.79 Å². The number of aliphatic hydroxyl groups is 1. The molecule has 52 valence electrons. The van der Waals surface area contributed by atoms with Gasteiger partial charge in [0, 0.05) is 0 Å². The molecule has 1 rings (SSSR count). The highest BCUT2D eigenvalue weighted by atomic mass is 16.4. The molecule has 4 N–H and O–H groups in total. The highest BCUT2D eigenvalue weighted by molar-refractivity contribution is 5.80. The van der Waals surface area contributed by atoms with Crippen LogP contribution in [0.5, 0.6) is 0 Å². The smallest absolute Gasteiger partial charge is 0.326 e. The van der Waals surface area contributed by atoms with Crippen molar-refractivity contribution < 1.29 is 15.0 Å². The molecule has 4 nitrogen and oxygen atoms in total. The molecule has 0 amide bonds. The molecule has 0 bridgehead atoms. The molecule has 0 aromatic carbocycles. The molecule has 0 aromatic rings. The van der Waals surface area contributed by atoms with Crippen molar-refractivity contribution in [3.05, 3.63) is 0 Å². The maximum absolute atomic E-state index is 10.2. The molecule has 1 unspecified atom stereocenters. The highest BCUT2D eigenvalue weighted by Gasteiger charge is 2.49. The quantitative estimate of drug-likeness (QED) is 0.423. The lowest BCUT2D eigenvalue weighted by Gasteiger charge is -2.39. The second kappa shape index (κ2) is 1.68. The minimum atomic E-state index is -1.35. The third-order valence-electron chi connectivity index (χ3n) is 1.82. The van der Waals surface area contributed by atoms with Crippen molar-refractivity contribution in [2.75, 3.05) is 0 Å². The molecule has 1 aliphatic carbocycles. The summed E-state index contributed by atoms with van der Waals surface area (Å²) in [6.45, 7) is 0. The van der Waals surface area contributed by atoms with Crippen LogP contribution in [0.25, 0.3) is 0 Å². The van der Waals surface area contributed by atoms with E-state index in [4.69, 9.17) is 15.9 Å². The number of carbonyl (C=O) groups is 1. The number of rotatable bonds is 1. The second-order valence-electron chi connectivity index (χ2n) is 2.40. The molecular weight excluding hydrogens is 122 g/mol. The summed E-state index contributed by atoms with van der Waals surface area (Å²) >= 11 is 0. The summed E-state index contributed by atoms with van der Waals surface area (Å²) in [5.74, 6) is -1.11. The summed E-state index contributed by atoms with van der Waals surface area (Å²) in [5.41, 5.74) is 3.89. The van der Waals surface area contributed by atoms with Crippen LogP contribution < -0.4 is 5.73 Å². The second-order valence-corrected chi connectivity index (χ2v) is 2.40. The van der Waals surface area contributed by atoms with Crippen molar-refractivity contribution in [2.24, 2.45) is 5.73 Å². The van der Waals surface area contributed by atoms with Gasteiger partial charge in [0.05, 0.1) is 6.10 Å². The maximum Gasteiger partial charge on any atom is 0.326 e. The van der Waals surface area contributed by atoms with Crippen LogP contribution in [0, 0.1) is 0 Å². The lowest BCUT2D eigenvalue weighted by Crippen LogP contribution is -2.64. The number of nitrogens with two attached hydrogens (primary N) is 1. The SMILES string of the molecule is N[C@@]1(C(=O)O)CCC1O. The Morgan fingerprint density at radius 3 is 2.33 bits per heavy atom. The van der Waals surface area contributed by atoms with Gasteiger partial charge in [-0.15, -0.1) is 0 Å². The van der Waals surface area contributed by atoms with Gasteiger partial charge in [-0.25, -0.2) is 0 Å². The fourth-order valence-corrected chi connectivity index (χ4v) is 0.834. The third-order valence-corrected chi connectivity index (χ3v) is 1.82. The Hall–Kier alpha value is -0.610. The van der Waals surface area contributed by atoms with Gasteiger partial charge in [0.2, 0.25) is 0 Å². The first-order valence-electron chi connectivity index (χ1n) is 2.78. The molecular formula is C5H9NO3. The van der Waals surface area contributed by atoms with Gasteiger partial charge in [0.1, 0.15) is 5.54 Å². The van der Waals surface area contributed by atoms with Crippen LogP contribution in [-0.4, -0.2) is 27.8 Å². The Bertz CT molecular complexity index is 147. The fourth-order valence-electron chi connectivity index (χ4n) is 0.834. The van der Waals surface area contributed by atoms with E-state index < -0.39 is 17.6 Å². The summed E-state index contributed by atoms with van der Waals surface area (Å²) in [4.78, 5) is 10.2. The van der Waals surface area contributed by atoms with Crippen molar-refractivity contribution >= 4 is 5.97 Å². The molecule has 1 saturated carbocycles. The van der Waals surface area contributed by atoms with Gasteiger partial charge in [0.25, 0.3) is 0 Å². The molecule has 1 aliphatic rings. The van der Waals surface area contributed by atoms with Gasteiger partial charge in [0.15, 0.2) is 0 Å².